The van der Waals surface area contributed by atoms with Gasteiger partial charge in [0.25, 0.3) is 0 Å². The molecule has 1 unspecified atom stereocenters. The fourth-order valence-electron chi connectivity index (χ4n) is 2.52. The standard InChI is InChI=1S/C16H21BF2O4/c1-15(2)16(3,4)23-17(22-15)10(9-13(20)21-5)14-11(18)7-6-8-12(14)19/h6-8,10H,9H2,1-5H3. The van der Waals surface area contributed by atoms with Gasteiger partial charge in [0.1, 0.15) is 11.6 Å². The maximum atomic E-state index is 14.2. The number of benzene rings is 1. The molecule has 7 heteroatoms. The molecule has 1 heterocycles. The molecule has 0 aromatic heterocycles. The summed E-state index contributed by atoms with van der Waals surface area (Å²) in [6, 6.07) is 3.56. The highest BCUT2D eigenvalue weighted by molar-refractivity contribution is 6.48. The number of hydrogen-bond acceptors (Lipinski definition) is 4. The normalized spacial score (nSPS) is 20.4. The van der Waals surface area contributed by atoms with Crippen LogP contribution in [0.15, 0.2) is 18.2 Å². The molecule has 0 bridgehead atoms. The van der Waals surface area contributed by atoms with Gasteiger partial charge in [0.15, 0.2) is 0 Å². The fraction of sp³-hybridized carbons (Fsp3) is 0.562. The van der Waals surface area contributed by atoms with Crippen LogP contribution < -0.4 is 0 Å². The molecule has 1 aliphatic heterocycles. The zero-order valence-electron chi connectivity index (χ0n) is 14.0. The van der Waals surface area contributed by atoms with Crippen molar-refractivity contribution in [1.29, 1.82) is 0 Å². The van der Waals surface area contributed by atoms with Crippen LogP contribution in [0, 0.1) is 11.6 Å². The maximum Gasteiger partial charge on any atom is 0.466 e. The number of methoxy groups -OCH3 is 1. The minimum Gasteiger partial charge on any atom is -0.469 e. The molecule has 1 aromatic carbocycles. The summed E-state index contributed by atoms with van der Waals surface area (Å²) in [5.74, 6) is -3.01. The molecule has 0 N–H and O–H groups in total. The molecule has 0 amide bonds. The number of carbonyl (C=O) groups is 1. The van der Waals surface area contributed by atoms with E-state index in [1.807, 2.05) is 27.7 Å². The Hall–Kier alpha value is -1.47. The third-order valence-corrected chi connectivity index (χ3v) is 4.58. The number of halogens is 2. The first-order chi connectivity index (χ1) is 10.6. The minimum absolute atomic E-state index is 0.226. The molecule has 4 nitrogen and oxygen atoms in total. The number of esters is 1. The Morgan fingerprint density at radius 1 is 1.17 bits per heavy atom. The van der Waals surface area contributed by atoms with Crippen LogP contribution in [-0.2, 0) is 18.8 Å². The lowest BCUT2D eigenvalue weighted by atomic mass is 9.66. The van der Waals surface area contributed by atoms with E-state index < -0.39 is 41.7 Å². The average molecular weight is 326 g/mol. The topological polar surface area (TPSA) is 44.8 Å². The van der Waals surface area contributed by atoms with Gasteiger partial charge in [-0.15, -0.1) is 0 Å². The molecular weight excluding hydrogens is 305 g/mol. The summed E-state index contributed by atoms with van der Waals surface area (Å²) in [6.45, 7) is 7.33. The Labute approximate surface area is 135 Å². The van der Waals surface area contributed by atoms with E-state index in [0.29, 0.717) is 0 Å². The molecule has 0 saturated carbocycles. The largest absolute Gasteiger partial charge is 0.469 e. The molecule has 1 aliphatic rings. The summed E-state index contributed by atoms with van der Waals surface area (Å²) >= 11 is 0. The summed E-state index contributed by atoms with van der Waals surface area (Å²) in [7, 11) is 0.270. The van der Waals surface area contributed by atoms with Crippen molar-refractivity contribution in [2.75, 3.05) is 7.11 Å². The van der Waals surface area contributed by atoms with Crippen molar-refractivity contribution in [3.63, 3.8) is 0 Å². The van der Waals surface area contributed by atoms with Gasteiger partial charge in [-0.2, -0.15) is 0 Å². The number of hydrogen-bond donors (Lipinski definition) is 0. The highest BCUT2D eigenvalue weighted by atomic mass is 19.1. The van der Waals surface area contributed by atoms with Gasteiger partial charge in [0.2, 0.25) is 0 Å². The Morgan fingerprint density at radius 2 is 1.65 bits per heavy atom. The maximum absolute atomic E-state index is 14.2. The van der Waals surface area contributed by atoms with E-state index in [-0.39, 0.29) is 12.0 Å². The van der Waals surface area contributed by atoms with Crippen molar-refractivity contribution in [3.8, 4) is 0 Å². The van der Waals surface area contributed by atoms with Crippen LogP contribution in [0.25, 0.3) is 0 Å². The molecular formula is C16H21BF2O4. The van der Waals surface area contributed by atoms with Crippen LogP contribution in [0.2, 0.25) is 0 Å². The summed E-state index contributed by atoms with van der Waals surface area (Å²) in [5, 5.41) is 0. The van der Waals surface area contributed by atoms with E-state index >= 15 is 0 Å². The molecule has 1 aromatic rings. The highest BCUT2D eigenvalue weighted by Crippen LogP contribution is 2.42. The van der Waals surface area contributed by atoms with Gasteiger partial charge in [-0.25, -0.2) is 8.78 Å². The van der Waals surface area contributed by atoms with E-state index in [2.05, 4.69) is 4.74 Å². The highest BCUT2D eigenvalue weighted by Gasteiger charge is 2.55. The van der Waals surface area contributed by atoms with Crippen molar-refractivity contribution in [3.05, 3.63) is 35.4 Å². The summed E-state index contributed by atoms with van der Waals surface area (Å²) in [5.41, 5.74) is -1.57. The van der Waals surface area contributed by atoms with Crippen LogP contribution in [0.1, 0.15) is 45.5 Å². The minimum atomic E-state index is -0.953. The van der Waals surface area contributed by atoms with E-state index in [1.165, 1.54) is 13.2 Å². The summed E-state index contributed by atoms with van der Waals surface area (Å²) < 4.78 is 44.8. The van der Waals surface area contributed by atoms with Crippen molar-refractivity contribution < 1.29 is 27.6 Å². The van der Waals surface area contributed by atoms with Gasteiger partial charge in [-0.3, -0.25) is 4.79 Å². The second kappa shape index (κ2) is 6.21. The number of ether oxygens (including phenoxy) is 1. The predicted octanol–water partition coefficient (Wildman–Crippen LogP) is 3.24. The van der Waals surface area contributed by atoms with Gasteiger partial charge in [-0.05, 0) is 39.8 Å². The molecule has 0 spiro atoms. The Morgan fingerprint density at radius 3 is 2.09 bits per heavy atom. The first-order valence-corrected chi connectivity index (χ1v) is 7.45. The Kier molecular flexibility index (Phi) is 4.82. The van der Waals surface area contributed by atoms with Gasteiger partial charge in [-0.1, -0.05) is 6.07 Å². The SMILES string of the molecule is COC(=O)CC(B1OC(C)(C)C(C)(C)O1)c1c(F)cccc1F. The molecule has 0 radical (unpaired) electrons. The quantitative estimate of drug-likeness (QED) is 0.629. The van der Waals surface area contributed by atoms with Crippen LogP contribution in [-0.4, -0.2) is 31.4 Å². The zero-order chi connectivity index (χ0) is 17.4. The monoisotopic (exact) mass is 326 g/mol. The van der Waals surface area contributed by atoms with E-state index in [9.17, 15) is 13.6 Å². The Balaban J connectivity index is 2.42. The Bertz CT molecular complexity index is 567. The fourth-order valence-corrected chi connectivity index (χ4v) is 2.52. The van der Waals surface area contributed by atoms with Crippen LogP contribution in [0.4, 0.5) is 8.78 Å². The van der Waals surface area contributed by atoms with Crippen molar-refractivity contribution >= 4 is 13.1 Å². The van der Waals surface area contributed by atoms with Crippen LogP contribution in [0.5, 0.6) is 0 Å². The van der Waals surface area contributed by atoms with E-state index in [0.717, 1.165) is 12.1 Å². The zero-order valence-corrected chi connectivity index (χ0v) is 14.0. The predicted molar refractivity (Wildman–Crippen MR) is 81.8 cm³/mol. The molecule has 1 saturated heterocycles. The first kappa shape index (κ1) is 17.9. The van der Waals surface area contributed by atoms with E-state index in [4.69, 9.17) is 9.31 Å². The molecule has 1 fully saturated rings. The molecule has 2 rings (SSSR count). The second-order valence-electron chi connectivity index (χ2n) is 6.65. The molecule has 0 aliphatic carbocycles. The average Bonchev–Trinajstić information content (AvgIpc) is 2.65. The second-order valence-corrected chi connectivity index (χ2v) is 6.65. The molecule has 23 heavy (non-hydrogen) atoms. The molecule has 126 valence electrons. The van der Waals surface area contributed by atoms with Gasteiger partial charge < -0.3 is 14.0 Å². The van der Waals surface area contributed by atoms with E-state index in [1.54, 1.807) is 0 Å². The molecule has 1 atom stereocenters. The number of rotatable bonds is 4. The first-order valence-electron chi connectivity index (χ1n) is 7.45. The van der Waals surface area contributed by atoms with Crippen LogP contribution >= 0.6 is 0 Å². The van der Waals surface area contributed by atoms with Gasteiger partial charge in [0.05, 0.1) is 24.7 Å². The lowest BCUT2D eigenvalue weighted by molar-refractivity contribution is -0.140. The van der Waals surface area contributed by atoms with Crippen LogP contribution in [0.3, 0.4) is 0 Å². The van der Waals surface area contributed by atoms with Gasteiger partial charge >= 0.3 is 13.1 Å². The van der Waals surface area contributed by atoms with Crippen molar-refractivity contribution in [1.82, 2.24) is 0 Å². The number of carbonyl (C=O) groups excluding carboxylic acids is 1. The summed E-state index contributed by atoms with van der Waals surface area (Å²) in [4.78, 5) is 11.7. The smallest absolute Gasteiger partial charge is 0.466 e. The van der Waals surface area contributed by atoms with Crippen molar-refractivity contribution in [2.24, 2.45) is 0 Å². The lowest BCUT2D eigenvalue weighted by Gasteiger charge is -2.32. The third kappa shape index (κ3) is 3.40. The van der Waals surface area contributed by atoms with Gasteiger partial charge in [0, 0.05) is 11.4 Å². The lowest BCUT2D eigenvalue weighted by Crippen LogP contribution is -2.41. The summed E-state index contributed by atoms with van der Waals surface area (Å²) in [6.07, 6.45) is -0.245. The third-order valence-electron chi connectivity index (χ3n) is 4.58. The van der Waals surface area contributed by atoms with Crippen molar-refractivity contribution in [2.45, 2.75) is 51.1 Å².